The van der Waals surface area contributed by atoms with Crippen LogP contribution in [-0.2, 0) is 11.3 Å². The summed E-state index contributed by atoms with van der Waals surface area (Å²) >= 11 is 0. The molecule has 1 aromatic heterocycles. The summed E-state index contributed by atoms with van der Waals surface area (Å²) in [6, 6.07) is 2.07. The Morgan fingerprint density at radius 3 is 2.53 bits per heavy atom. The molecule has 0 saturated heterocycles. The van der Waals surface area contributed by atoms with Gasteiger partial charge in [0.15, 0.2) is 0 Å². The standard InChI is InChI=1S/C12H18N4O/c1-5-15(4)11(17)7-16-9(3)8(2)10(6-13)12(16)14/h5,7,14H2,1-4H3. The molecule has 0 unspecified atom stereocenters. The van der Waals surface area contributed by atoms with E-state index in [1.807, 2.05) is 20.8 Å². The van der Waals surface area contributed by atoms with Crippen molar-refractivity contribution in [1.29, 1.82) is 5.26 Å². The fourth-order valence-corrected chi connectivity index (χ4v) is 1.67. The largest absolute Gasteiger partial charge is 0.384 e. The molecule has 1 heterocycles. The molecule has 0 fully saturated rings. The number of likely N-dealkylation sites (N-methyl/N-ethyl adjacent to an activating group) is 1. The zero-order valence-corrected chi connectivity index (χ0v) is 10.7. The Bertz CT molecular complexity index is 482. The number of carbonyl (C=O) groups excluding carboxylic acids is 1. The molecule has 5 nitrogen and oxygen atoms in total. The third-order valence-electron chi connectivity index (χ3n) is 3.17. The maximum absolute atomic E-state index is 11.8. The summed E-state index contributed by atoms with van der Waals surface area (Å²) in [6.07, 6.45) is 0. The predicted molar refractivity (Wildman–Crippen MR) is 66.3 cm³/mol. The number of amides is 1. The number of nitrogen functional groups attached to an aromatic ring is 1. The van der Waals surface area contributed by atoms with Crippen molar-refractivity contribution in [3.63, 3.8) is 0 Å². The van der Waals surface area contributed by atoms with Crippen LogP contribution in [0.2, 0.25) is 0 Å². The van der Waals surface area contributed by atoms with Gasteiger partial charge in [-0.25, -0.2) is 0 Å². The average Bonchev–Trinajstić information content (AvgIpc) is 2.52. The van der Waals surface area contributed by atoms with Crippen LogP contribution in [0.25, 0.3) is 0 Å². The van der Waals surface area contributed by atoms with E-state index in [4.69, 9.17) is 11.0 Å². The maximum Gasteiger partial charge on any atom is 0.242 e. The minimum absolute atomic E-state index is 0.0122. The maximum atomic E-state index is 11.8. The van der Waals surface area contributed by atoms with Crippen molar-refractivity contribution >= 4 is 11.7 Å². The van der Waals surface area contributed by atoms with Crippen LogP contribution in [0.4, 0.5) is 5.82 Å². The third kappa shape index (κ3) is 2.26. The summed E-state index contributed by atoms with van der Waals surface area (Å²) in [5.74, 6) is 0.363. The van der Waals surface area contributed by atoms with E-state index >= 15 is 0 Å². The molecule has 0 aliphatic carbocycles. The zero-order valence-electron chi connectivity index (χ0n) is 10.7. The Kier molecular flexibility index (Phi) is 3.79. The van der Waals surface area contributed by atoms with Gasteiger partial charge in [-0.3, -0.25) is 4.79 Å². The lowest BCUT2D eigenvalue weighted by molar-refractivity contribution is -0.130. The summed E-state index contributed by atoms with van der Waals surface area (Å²) in [4.78, 5) is 13.4. The van der Waals surface area contributed by atoms with Crippen molar-refractivity contribution in [2.45, 2.75) is 27.3 Å². The Morgan fingerprint density at radius 1 is 1.53 bits per heavy atom. The van der Waals surface area contributed by atoms with Gasteiger partial charge in [0.1, 0.15) is 18.4 Å². The van der Waals surface area contributed by atoms with Gasteiger partial charge in [-0.1, -0.05) is 0 Å². The smallest absolute Gasteiger partial charge is 0.242 e. The van der Waals surface area contributed by atoms with Crippen LogP contribution >= 0.6 is 0 Å². The van der Waals surface area contributed by atoms with Crippen LogP contribution < -0.4 is 5.73 Å². The van der Waals surface area contributed by atoms with Gasteiger partial charge in [-0.05, 0) is 26.3 Å². The van der Waals surface area contributed by atoms with Crippen molar-refractivity contribution in [1.82, 2.24) is 9.47 Å². The van der Waals surface area contributed by atoms with E-state index in [9.17, 15) is 4.79 Å². The van der Waals surface area contributed by atoms with Crippen molar-refractivity contribution in [2.24, 2.45) is 0 Å². The molecule has 0 spiro atoms. The first-order valence-corrected chi connectivity index (χ1v) is 5.53. The van der Waals surface area contributed by atoms with Crippen molar-refractivity contribution in [2.75, 3.05) is 19.3 Å². The van der Waals surface area contributed by atoms with Gasteiger partial charge in [0.25, 0.3) is 0 Å². The molecule has 1 aromatic rings. The topological polar surface area (TPSA) is 75.0 Å². The fourth-order valence-electron chi connectivity index (χ4n) is 1.67. The first kappa shape index (κ1) is 13.1. The molecule has 0 atom stereocenters. The predicted octanol–water partition coefficient (Wildman–Crippen LogP) is 1.04. The molecular formula is C12H18N4O. The molecule has 0 saturated carbocycles. The summed E-state index contributed by atoms with van der Waals surface area (Å²) in [6.45, 7) is 6.46. The molecule has 92 valence electrons. The van der Waals surface area contributed by atoms with Crippen molar-refractivity contribution in [3.8, 4) is 6.07 Å². The minimum atomic E-state index is -0.0122. The number of aromatic nitrogens is 1. The summed E-state index contributed by atoms with van der Waals surface area (Å²) in [5.41, 5.74) is 8.06. The van der Waals surface area contributed by atoms with Gasteiger partial charge < -0.3 is 15.2 Å². The number of anilines is 1. The number of nitrogens with zero attached hydrogens (tertiary/aromatic N) is 3. The molecule has 0 aromatic carbocycles. The molecule has 0 aliphatic rings. The third-order valence-corrected chi connectivity index (χ3v) is 3.17. The summed E-state index contributed by atoms with van der Waals surface area (Å²) in [5, 5.41) is 8.99. The molecule has 5 heteroatoms. The Balaban J connectivity index is 3.09. The number of rotatable bonds is 3. The summed E-state index contributed by atoms with van der Waals surface area (Å²) < 4.78 is 1.70. The molecular weight excluding hydrogens is 216 g/mol. The molecule has 1 amide bonds. The summed E-state index contributed by atoms with van der Waals surface area (Å²) in [7, 11) is 1.75. The van der Waals surface area contributed by atoms with E-state index in [-0.39, 0.29) is 12.5 Å². The van der Waals surface area contributed by atoms with E-state index in [1.165, 1.54) is 0 Å². The monoisotopic (exact) mass is 234 g/mol. The number of hydrogen-bond acceptors (Lipinski definition) is 3. The molecule has 0 aliphatic heterocycles. The van der Waals surface area contributed by atoms with Gasteiger partial charge in [0.05, 0.1) is 5.56 Å². The Labute approximate surface area is 101 Å². The fraction of sp³-hybridized carbons (Fsp3) is 0.500. The zero-order chi connectivity index (χ0) is 13.2. The minimum Gasteiger partial charge on any atom is -0.384 e. The van der Waals surface area contributed by atoms with E-state index in [2.05, 4.69) is 6.07 Å². The SMILES string of the molecule is CCN(C)C(=O)Cn1c(C)c(C)c(C#N)c1N. The number of hydrogen-bond donors (Lipinski definition) is 1. The second-order valence-corrected chi connectivity index (χ2v) is 4.08. The van der Waals surface area contributed by atoms with Crippen LogP contribution in [-0.4, -0.2) is 29.0 Å². The highest BCUT2D eigenvalue weighted by Crippen LogP contribution is 2.23. The molecule has 17 heavy (non-hydrogen) atoms. The second-order valence-electron chi connectivity index (χ2n) is 4.08. The van der Waals surface area contributed by atoms with E-state index in [1.54, 1.807) is 16.5 Å². The average molecular weight is 234 g/mol. The molecule has 1 rings (SSSR count). The van der Waals surface area contributed by atoms with Gasteiger partial charge in [0.2, 0.25) is 5.91 Å². The van der Waals surface area contributed by atoms with E-state index in [0.717, 1.165) is 11.3 Å². The van der Waals surface area contributed by atoms with E-state index in [0.29, 0.717) is 17.9 Å². The van der Waals surface area contributed by atoms with Crippen LogP contribution in [0.1, 0.15) is 23.7 Å². The second kappa shape index (κ2) is 4.91. The first-order chi connectivity index (χ1) is 7.93. The van der Waals surface area contributed by atoms with E-state index < -0.39 is 0 Å². The Morgan fingerprint density at radius 2 is 2.12 bits per heavy atom. The molecule has 0 radical (unpaired) electrons. The highest BCUT2D eigenvalue weighted by Gasteiger charge is 2.17. The van der Waals surface area contributed by atoms with Crippen molar-refractivity contribution < 1.29 is 4.79 Å². The lowest BCUT2D eigenvalue weighted by Crippen LogP contribution is -2.30. The van der Waals surface area contributed by atoms with Crippen LogP contribution in [0.15, 0.2) is 0 Å². The van der Waals surface area contributed by atoms with Gasteiger partial charge in [0, 0.05) is 19.3 Å². The molecule has 0 bridgehead atoms. The first-order valence-electron chi connectivity index (χ1n) is 5.53. The normalized spacial score (nSPS) is 10.1. The highest BCUT2D eigenvalue weighted by molar-refractivity contribution is 5.77. The number of nitriles is 1. The highest BCUT2D eigenvalue weighted by atomic mass is 16.2. The van der Waals surface area contributed by atoms with Crippen LogP contribution in [0, 0.1) is 25.2 Å². The van der Waals surface area contributed by atoms with Crippen molar-refractivity contribution in [3.05, 3.63) is 16.8 Å². The number of nitrogens with two attached hydrogens (primary N) is 1. The lowest BCUT2D eigenvalue weighted by atomic mass is 10.2. The lowest BCUT2D eigenvalue weighted by Gasteiger charge is -2.16. The quantitative estimate of drug-likeness (QED) is 0.849. The van der Waals surface area contributed by atoms with Gasteiger partial charge in [-0.15, -0.1) is 0 Å². The Hall–Kier alpha value is -1.96. The van der Waals surface area contributed by atoms with Gasteiger partial charge in [-0.2, -0.15) is 5.26 Å². The van der Waals surface area contributed by atoms with Crippen LogP contribution in [0.5, 0.6) is 0 Å². The van der Waals surface area contributed by atoms with Crippen LogP contribution in [0.3, 0.4) is 0 Å². The molecule has 2 N–H and O–H groups in total. The number of carbonyl (C=O) groups is 1. The van der Waals surface area contributed by atoms with Gasteiger partial charge >= 0.3 is 0 Å².